The summed E-state index contributed by atoms with van der Waals surface area (Å²) in [4.78, 5) is 15.6. The van der Waals surface area contributed by atoms with Crippen molar-refractivity contribution >= 4 is 23.3 Å². The van der Waals surface area contributed by atoms with Gasteiger partial charge in [-0.2, -0.15) is 4.98 Å². The van der Waals surface area contributed by atoms with Crippen LogP contribution in [0.2, 0.25) is 0 Å². The average molecular weight is 373 g/mol. The van der Waals surface area contributed by atoms with E-state index in [9.17, 15) is 4.79 Å². The van der Waals surface area contributed by atoms with Crippen molar-refractivity contribution in [2.24, 2.45) is 5.73 Å². The summed E-state index contributed by atoms with van der Waals surface area (Å²) >= 11 is 0. The van der Waals surface area contributed by atoms with Crippen LogP contribution in [0.4, 0.5) is 11.6 Å². The summed E-state index contributed by atoms with van der Waals surface area (Å²) < 4.78 is 1.71. The van der Waals surface area contributed by atoms with Gasteiger partial charge in [-0.1, -0.05) is 18.2 Å². The molecule has 4 aromatic rings. The molecule has 0 spiro atoms. The van der Waals surface area contributed by atoms with E-state index < -0.39 is 5.97 Å². The lowest BCUT2D eigenvalue weighted by Crippen LogP contribution is -2.04. The molecule has 0 aliphatic carbocycles. The number of benzene rings is 2. The maximum Gasteiger partial charge on any atom is 0.335 e. The highest BCUT2D eigenvalue weighted by molar-refractivity contribution is 5.88. The molecule has 2 aromatic carbocycles. The van der Waals surface area contributed by atoms with E-state index in [1.54, 1.807) is 16.6 Å². The van der Waals surface area contributed by atoms with Crippen molar-refractivity contribution in [3.8, 4) is 11.1 Å². The molecule has 2 heterocycles. The van der Waals surface area contributed by atoms with Crippen LogP contribution in [0.25, 0.3) is 16.8 Å². The van der Waals surface area contributed by atoms with Crippen molar-refractivity contribution in [1.82, 2.24) is 14.6 Å². The minimum Gasteiger partial charge on any atom is -0.478 e. The van der Waals surface area contributed by atoms with E-state index in [0.717, 1.165) is 16.7 Å². The van der Waals surface area contributed by atoms with Crippen LogP contribution < -0.4 is 11.1 Å². The van der Waals surface area contributed by atoms with Crippen LogP contribution in [0.15, 0.2) is 66.9 Å². The van der Waals surface area contributed by atoms with E-state index in [4.69, 9.17) is 10.8 Å². The van der Waals surface area contributed by atoms with Crippen LogP contribution in [0, 0.1) is 0 Å². The molecule has 0 fully saturated rings. The summed E-state index contributed by atoms with van der Waals surface area (Å²) in [5, 5.41) is 16.6. The number of aromatic nitrogens is 3. The van der Waals surface area contributed by atoms with Gasteiger partial charge in [0.1, 0.15) is 0 Å². The number of hydrogen-bond donors (Lipinski definition) is 3. The highest BCUT2D eigenvalue weighted by Crippen LogP contribution is 2.27. The first kappa shape index (κ1) is 17.7. The van der Waals surface area contributed by atoms with Crippen LogP contribution in [0.3, 0.4) is 0 Å². The molecule has 1 unspecified atom stereocenters. The van der Waals surface area contributed by atoms with Crippen LogP contribution in [0.5, 0.6) is 0 Å². The number of fused-ring (bicyclic) bond motifs is 1. The van der Waals surface area contributed by atoms with Crippen molar-refractivity contribution in [1.29, 1.82) is 0 Å². The standard InChI is InChI=1S/C21H19N5O2/c1-13(22)15-4-2-5-16(12-15)18-6-3-11-26-19(18)24-21(25-26)23-17-9-7-14(8-10-17)20(27)28/h2-13H,22H2,1H3,(H,23,25)(H,27,28). The van der Waals surface area contributed by atoms with Crippen molar-refractivity contribution in [2.45, 2.75) is 13.0 Å². The lowest BCUT2D eigenvalue weighted by Gasteiger charge is -2.08. The molecule has 0 radical (unpaired) electrons. The lowest BCUT2D eigenvalue weighted by molar-refractivity contribution is 0.0697. The fraction of sp³-hybridized carbons (Fsp3) is 0.0952. The molecule has 0 aliphatic heterocycles. The van der Waals surface area contributed by atoms with Crippen molar-refractivity contribution in [3.63, 3.8) is 0 Å². The Morgan fingerprint density at radius 2 is 1.93 bits per heavy atom. The van der Waals surface area contributed by atoms with E-state index in [1.165, 1.54) is 12.1 Å². The number of carboxylic acids is 1. The third kappa shape index (κ3) is 3.43. The molecule has 0 aliphatic rings. The van der Waals surface area contributed by atoms with Gasteiger partial charge in [0.05, 0.1) is 5.56 Å². The number of aromatic carboxylic acids is 1. The normalized spacial score (nSPS) is 12.1. The van der Waals surface area contributed by atoms with Gasteiger partial charge in [0.25, 0.3) is 0 Å². The molecule has 7 heteroatoms. The van der Waals surface area contributed by atoms with Gasteiger partial charge in [0.2, 0.25) is 5.95 Å². The van der Waals surface area contributed by atoms with E-state index in [0.29, 0.717) is 17.3 Å². The first-order chi connectivity index (χ1) is 13.5. The van der Waals surface area contributed by atoms with E-state index in [1.807, 2.05) is 43.5 Å². The van der Waals surface area contributed by atoms with Crippen LogP contribution >= 0.6 is 0 Å². The fourth-order valence-corrected chi connectivity index (χ4v) is 3.00. The zero-order valence-corrected chi connectivity index (χ0v) is 15.2. The summed E-state index contributed by atoms with van der Waals surface area (Å²) in [6.45, 7) is 1.95. The Balaban J connectivity index is 1.69. The molecular formula is C21H19N5O2. The molecule has 0 bridgehead atoms. The largest absolute Gasteiger partial charge is 0.478 e. The summed E-state index contributed by atoms with van der Waals surface area (Å²) in [7, 11) is 0. The van der Waals surface area contributed by atoms with Crippen LogP contribution in [0.1, 0.15) is 28.9 Å². The van der Waals surface area contributed by atoms with Crippen LogP contribution in [-0.2, 0) is 0 Å². The van der Waals surface area contributed by atoms with Gasteiger partial charge >= 0.3 is 5.97 Å². The Bertz CT molecular complexity index is 1150. The number of hydrogen-bond acceptors (Lipinski definition) is 5. The van der Waals surface area contributed by atoms with Gasteiger partial charge in [-0.25, -0.2) is 9.31 Å². The second-order valence-corrected chi connectivity index (χ2v) is 6.55. The Morgan fingerprint density at radius 1 is 1.14 bits per heavy atom. The third-order valence-corrected chi connectivity index (χ3v) is 4.47. The quantitative estimate of drug-likeness (QED) is 0.491. The van der Waals surface area contributed by atoms with E-state index in [2.05, 4.69) is 21.5 Å². The molecule has 0 saturated carbocycles. The maximum absolute atomic E-state index is 11.0. The number of carbonyl (C=O) groups is 1. The van der Waals surface area contributed by atoms with Crippen molar-refractivity contribution in [2.75, 3.05) is 5.32 Å². The molecule has 2 aromatic heterocycles. The summed E-state index contributed by atoms with van der Waals surface area (Å²) in [5.41, 5.74) is 10.7. The minimum atomic E-state index is -0.962. The molecule has 4 N–H and O–H groups in total. The first-order valence-electron chi connectivity index (χ1n) is 8.83. The third-order valence-electron chi connectivity index (χ3n) is 4.47. The summed E-state index contributed by atoms with van der Waals surface area (Å²) in [6.07, 6.45) is 1.83. The van der Waals surface area contributed by atoms with Crippen molar-refractivity contribution in [3.05, 3.63) is 78.0 Å². The van der Waals surface area contributed by atoms with Gasteiger partial charge < -0.3 is 16.2 Å². The van der Waals surface area contributed by atoms with Gasteiger partial charge in [-0.3, -0.25) is 0 Å². The number of anilines is 2. The zero-order valence-electron chi connectivity index (χ0n) is 15.2. The van der Waals surface area contributed by atoms with Gasteiger partial charge in [-0.05, 0) is 60.5 Å². The molecular weight excluding hydrogens is 354 g/mol. The average Bonchev–Trinajstić information content (AvgIpc) is 3.10. The number of nitrogens with one attached hydrogen (secondary N) is 1. The minimum absolute atomic E-state index is 0.0523. The molecule has 0 amide bonds. The topological polar surface area (TPSA) is 106 Å². The highest BCUT2D eigenvalue weighted by Gasteiger charge is 2.11. The fourth-order valence-electron chi connectivity index (χ4n) is 3.00. The zero-order chi connectivity index (χ0) is 19.7. The Morgan fingerprint density at radius 3 is 2.64 bits per heavy atom. The predicted molar refractivity (Wildman–Crippen MR) is 108 cm³/mol. The molecule has 1 atom stereocenters. The second-order valence-electron chi connectivity index (χ2n) is 6.55. The molecule has 0 saturated heterocycles. The smallest absolute Gasteiger partial charge is 0.335 e. The second kappa shape index (κ2) is 7.13. The van der Waals surface area contributed by atoms with E-state index >= 15 is 0 Å². The monoisotopic (exact) mass is 373 g/mol. The molecule has 4 rings (SSSR count). The maximum atomic E-state index is 11.0. The number of nitrogens with zero attached hydrogens (tertiary/aromatic N) is 3. The lowest BCUT2D eigenvalue weighted by atomic mass is 10.0. The van der Waals surface area contributed by atoms with Gasteiger partial charge in [0, 0.05) is 23.5 Å². The van der Waals surface area contributed by atoms with E-state index in [-0.39, 0.29) is 11.6 Å². The molecule has 7 nitrogen and oxygen atoms in total. The number of carboxylic acid groups (broad SMARTS) is 1. The number of nitrogens with two attached hydrogens (primary N) is 1. The SMILES string of the molecule is CC(N)c1cccc(-c2cccn3nc(Nc4ccc(C(=O)O)cc4)nc23)c1. The Kier molecular flexibility index (Phi) is 4.50. The number of pyridine rings is 1. The van der Waals surface area contributed by atoms with Crippen molar-refractivity contribution < 1.29 is 9.90 Å². The molecule has 140 valence electrons. The Labute approximate surface area is 161 Å². The molecule has 28 heavy (non-hydrogen) atoms. The predicted octanol–water partition coefficient (Wildman–Crippen LogP) is 3.86. The number of rotatable bonds is 5. The highest BCUT2D eigenvalue weighted by atomic mass is 16.4. The van der Waals surface area contributed by atoms with Gasteiger partial charge in [-0.15, -0.1) is 5.10 Å². The van der Waals surface area contributed by atoms with Crippen LogP contribution in [-0.4, -0.2) is 25.7 Å². The van der Waals surface area contributed by atoms with Gasteiger partial charge in [0.15, 0.2) is 5.65 Å². The summed E-state index contributed by atoms with van der Waals surface area (Å²) in [5.74, 6) is -0.532. The first-order valence-corrected chi connectivity index (χ1v) is 8.83. The Hall–Kier alpha value is -3.71. The summed E-state index contributed by atoms with van der Waals surface area (Å²) in [6, 6.07) is 18.4.